The van der Waals surface area contributed by atoms with E-state index in [0.29, 0.717) is 25.4 Å². The maximum absolute atomic E-state index is 12.7. The van der Waals surface area contributed by atoms with E-state index < -0.39 is 0 Å². The van der Waals surface area contributed by atoms with Crippen molar-refractivity contribution in [2.75, 3.05) is 19.8 Å². The average Bonchev–Trinajstić information content (AvgIpc) is 3.38. The lowest BCUT2D eigenvalue weighted by molar-refractivity contribution is -0.134. The van der Waals surface area contributed by atoms with Gasteiger partial charge in [0, 0.05) is 11.4 Å². The molecule has 0 radical (unpaired) electrons. The molecule has 27 heavy (non-hydrogen) atoms. The molecule has 3 aromatic rings. The van der Waals surface area contributed by atoms with Gasteiger partial charge < -0.3 is 18.8 Å². The largest absolute Gasteiger partial charge is 0.494 e. The Labute approximate surface area is 163 Å². The fraction of sp³-hybridized carbons (Fsp3) is 0.286. The first kappa shape index (κ1) is 19.0. The van der Waals surface area contributed by atoms with Gasteiger partial charge in [0.15, 0.2) is 6.61 Å². The highest BCUT2D eigenvalue weighted by Crippen LogP contribution is 2.18. The zero-order valence-electron chi connectivity index (χ0n) is 15.3. The second-order valence-electron chi connectivity index (χ2n) is 5.92. The highest BCUT2D eigenvalue weighted by atomic mass is 32.1. The second kappa shape index (κ2) is 9.83. The number of thiophene rings is 1. The lowest BCUT2D eigenvalue weighted by atomic mass is 10.3. The van der Waals surface area contributed by atoms with Gasteiger partial charge in [-0.3, -0.25) is 4.79 Å². The molecule has 0 spiro atoms. The van der Waals surface area contributed by atoms with Crippen molar-refractivity contribution in [3.8, 4) is 11.5 Å². The van der Waals surface area contributed by atoms with Crippen LogP contribution in [0.3, 0.4) is 0 Å². The smallest absolute Gasteiger partial charge is 0.260 e. The van der Waals surface area contributed by atoms with E-state index in [4.69, 9.17) is 13.9 Å². The van der Waals surface area contributed by atoms with E-state index >= 15 is 0 Å². The molecule has 6 heteroatoms. The fourth-order valence-corrected chi connectivity index (χ4v) is 3.32. The van der Waals surface area contributed by atoms with Gasteiger partial charge >= 0.3 is 0 Å². The molecule has 142 valence electrons. The van der Waals surface area contributed by atoms with E-state index in [1.807, 2.05) is 42.6 Å². The van der Waals surface area contributed by atoms with Crippen LogP contribution in [0.15, 0.2) is 64.6 Å². The van der Waals surface area contributed by atoms with Gasteiger partial charge in [0.2, 0.25) is 0 Å². The van der Waals surface area contributed by atoms with Crippen LogP contribution < -0.4 is 9.47 Å². The number of ether oxygens (including phenoxy) is 2. The predicted octanol–water partition coefficient (Wildman–Crippen LogP) is 4.39. The second-order valence-corrected chi connectivity index (χ2v) is 6.95. The Bertz CT molecular complexity index is 797. The molecule has 0 aliphatic carbocycles. The zero-order valence-corrected chi connectivity index (χ0v) is 16.1. The Kier molecular flexibility index (Phi) is 6.93. The minimum absolute atomic E-state index is 0.0148. The number of rotatable bonds is 10. The fourth-order valence-electron chi connectivity index (χ4n) is 2.62. The van der Waals surface area contributed by atoms with Crippen LogP contribution in [0.2, 0.25) is 0 Å². The van der Waals surface area contributed by atoms with Crippen molar-refractivity contribution in [3.63, 3.8) is 0 Å². The Morgan fingerprint density at radius 2 is 1.85 bits per heavy atom. The SMILES string of the molecule is CCOc1ccc(OCC(=O)N(CCc2cccs2)Cc2ccco2)cc1. The molecule has 3 rings (SSSR count). The molecule has 1 amide bonds. The first-order valence-electron chi connectivity index (χ1n) is 8.93. The molecule has 0 N–H and O–H groups in total. The molecule has 0 unspecified atom stereocenters. The summed E-state index contributed by atoms with van der Waals surface area (Å²) in [5.74, 6) is 2.11. The molecule has 5 nitrogen and oxygen atoms in total. The van der Waals surface area contributed by atoms with E-state index in [2.05, 4.69) is 6.07 Å². The lowest BCUT2D eigenvalue weighted by Crippen LogP contribution is -2.35. The maximum atomic E-state index is 12.7. The number of furan rings is 1. The summed E-state index contributed by atoms with van der Waals surface area (Å²) in [5, 5.41) is 2.04. The monoisotopic (exact) mass is 385 g/mol. The molecule has 0 saturated carbocycles. The predicted molar refractivity (Wildman–Crippen MR) is 105 cm³/mol. The number of carbonyl (C=O) groups excluding carboxylic acids is 1. The van der Waals surface area contributed by atoms with Crippen molar-refractivity contribution in [3.05, 3.63) is 70.8 Å². The quantitative estimate of drug-likeness (QED) is 0.519. The molecule has 1 aromatic carbocycles. The summed E-state index contributed by atoms with van der Waals surface area (Å²) in [5.41, 5.74) is 0. The minimum Gasteiger partial charge on any atom is -0.494 e. The van der Waals surface area contributed by atoms with Crippen LogP contribution in [-0.2, 0) is 17.8 Å². The Hall–Kier alpha value is -2.73. The van der Waals surface area contributed by atoms with Gasteiger partial charge in [-0.15, -0.1) is 11.3 Å². The third kappa shape index (κ3) is 5.89. The van der Waals surface area contributed by atoms with E-state index in [-0.39, 0.29) is 12.5 Å². The molecule has 0 aliphatic rings. The molecule has 0 bridgehead atoms. The van der Waals surface area contributed by atoms with Crippen LogP contribution in [-0.4, -0.2) is 30.6 Å². The van der Waals surface area contributed by atoms with E-state index in [1.165, 1.54) is 4.88 Å². The maximum Gasteiger partial charge on any atom is 0.260 e. The average molecular weight is 385 g/mol. The van der Waals surface area contributed by atoms with Crippen LogP contribution in [0.25, 0.3) is 0 Å². The van der Waals surface area contributed by atoms with Crippen LogP contribution in [0, 0.1) is 0 Å². The molecular formula is C21H23NO4S. The molecule has 2 heterocycles. The Morgan fingerprint density at radius 1 is 1.07 bits per heavy atom. The van der Waals surface area contributed by atoms with Gasteiger partial charge in [-0.2, -0.15) is 0 Å². The first-order valence-corrected chi connectivity index (χ1v) is 9.80. The summed E-state index contributed by atoms with van der Waals surface area (Å²) in [7, 11) is 0. The van der Waals surface area contributed by atoms with Crippen molar-refractivity contribution in [1.82, 2.24) is 4.90 Å². The highest BCUT2D eigenvalue weighted by molar-refractivity contribution is 7.09. The van der Waals surface area contributed by atoms with E-state index in [9.17, 15) is 4.79 Å². The topological polar surface area (TPSA) is 51.9 Å². The lowest BCUT2D eigenvalue weighted by Gasteiger charge is -2.21. The summed E-state index contributed by atoms with van der Waals surface area (Å²) >= 11 is 1.70. The summed E-state index contributed by atoms with van der Waals surface area (Å²) in [6, 6.07) is 15.1. The van der Waals surface area contributed by atoms with E-state index in [0.717, 1.165) is 17.9 Å². The van der Waals surface area contributed by atoms with Crippen LogP contribution in [0.5, 0.6) is 11.5 Å². The van der Waals surface area contributed by atoms with Gasteiger partial charge in [0.05, 0.1) is 19.4 Å². The van der Waals surface area contributed by atoms with Gasteiger partial charge in [-0.25, -0.2) is 0 Å². The van der Waals surface area contributed by atoms with Crippen LogP contribution in [0.1, 0.15) is 17.6 Å². The Morgan fingerprint density at radius 3 is 2.48 bits per heavy atom. The third-order valence-electron chi connectivity index (χ3n) is 3.98. The summed E-state index contributed by atoms with van der Waals surface area (Å²) in [6.07, 6.45) is 2.43. The van der Waals surface area contributed by atoms with Crippen LogP contribution in [0.4, 0.5) is 0 Å². The molecule has 0 aliphatic heterocycles. The molecule has 2 aromatic heterocycles. The van der Waals surface area contributed by atoms with Crippen molar-refractivity contribution < 1.29 is 18.7 Å². The molecular weight excluding hydrogens is 362 g/mol. The summed E-state index contributed by atoms with van der Waals surface area (Å²) in [4.78, 5) is 15.7. The number of carbonyl (C=O) groups is 1. The van der Waals surface area contributed by atoms with Gasteiger partial charge in [0.1, 0.15) is 17.3 Å². The van der Waals surface area contributed by atoms with E-state index in [1.54, 1.807) is 34.6 Å². The van der Waals surface area contributed by atoms with Gasteiger partial charge in [0.25, 0.3) is 5.91 Å². The number of amides is 1. The zero-order chi connectivity index (χ0) is 18.9. The van der Waals surface area contributed by atoms with Crippen LogP contribution >= 0.6 is 11.3 Å². The number of hydrogen-bond acceptors (Lipinski definition) is 5. The number of benzene rings is 1. The molecule has 0 atom stereocenters. The minimum atomic E-state index is -0.0724. The normalized spacial score (nSPS) is 10.6. The van der Waals surface area contributed by atoms with Gasteiger partial charge in [-0.05, 0) is 61.2 Å². The third-order valence-corrected chi connectivity index (χ3v) is 4.92. The standard InChI is InChI=1S/C21H23NO4S/c1-2-24-17-7-9-18(10-8-17)26-16-21(23)22(15-19-5-3-13-25-19)12-11-20-6-4-14-27-20/h3-10,13-14H,2,11-12,15-16H2,1H3. The van der Waals surface area contributed by atoms with Crippen molar-refractivity contribution >= 4 is 17.2 Å². The van der Waals surface area contributed by atoms with Gasteiger partial charge in [-0.1, -0.05) is 6.07 Å². The molecule has 0 fully saturated rings. The summed E-state index contributed by atoms with van der Waals surface area (Å²) in [6.45, 7) is 3.59. The highest BCUT2D eigenvalue weighted by Gasteiger charge is 2.16. The van der Waals surface area contributed by atoms with Crippen molar-refractivity contribution in [2.45, 2.75) is 19.9 Å². The number of nitrogens with zero attached hydrogens (tertiary/aromatic N) is 1. The van der Waals surface area contributed by atoms with Crippen molar-refractivity contribution in [2.24, 2.45) is 0 Å². The first-order chi connectivity index (χ1) is 13.2. The molecule has 0 saturated heterocycles. The Balaban J connectivity index is 1.57. The summed E-state index contributed by atoms with van der Waals surface area (Å²) < 4.78 is 16.5. The number of hydrogen-bond donors (Lipinski definition) is 0. The van der Waals surface area contributed by atoms with Crippen molar-refractivity contribution in [1.29, 1.82) is 0 Å².